The molecule has 0 fully saturated rings. The van der Waals surface area contributed by atoms with Crippen LogP contribution in [0.15, 0.2) is 313 Å². The van der Waals surface area contributed by atoms with Crippen molar-refractivity contribution in [3.63, 3.8) is 0 Å². The molecule has 0 unspecified atom stereocenters. The van der Waals surface area contributed by atoms with E-state index in [0.717, 1.165) is 176 Å². The molecule has 8 heterocycles. The van der Waals surface area contributed by atoms with Crippen LogP contribution in [0.3, 0.4) is 0 Å². The van der Waals surface area contributed by atoms with Crippen LogP contribution in [0.4, 0.5) is 36.6 Å². The second-order valence-corrected chi connectivity index (χ2v) is 29.5. The summed E-state index contributed by atoms with van der Waals surface area (Å²) in [5, 5.41) is 4.53. The summed E-state index contributed by atoms with van der Waals surface area (Å²) < 4.78 is 77.1. The molecule has 0 amide bonds. The molecule has 0 saturated carbocycles. The Hall–Kier alpha value is -11.0. The Morgan fingerprint density at radius 2 is 0.703 bits per heavy atom. The molecule has 6 aromatic carbocycles. The van der Waals surface area contributed by atoms with Crippen LogP contribution >= 0.6 is 7.81 Å². The third kappa shape index (κ3) is 32.9. The molecule has 6 aromatic heterocycles. The molecule has 23 heteroatoms. The van der Waals surface area contributed by atoms with Gasteiger partial charge in [-0.3, -0.25) is 31.8 Å². The van der Waals surface area contributed by atoms with Crippen molar-refractivity contribution < 1.29 is 115 Å². The van der Waals surface area contributed by atoms with Gasteiger partial charge in [-0.05, 0) is 200 Å². The molecule has 12 nitrogen and oxygen atoms in total. The van der Waals surface area contributed by atoms with Gasteiger partial charge in [0.2, 0.25) is 10.7 Å². The Bertz CT molecular complexity index is 5770. The second-order valence-electron chi connectivity index (χ2n) is 27.6. The van der Waals surface area contributed by atoms with E-state index in [9.17, 15) is 25.2 Å². The fourth-order valence-electron chi connectivity index (χ4n) is 13.5. The molecule has 0 bridgehead atoms. The summed E-state index contributed by atoms with van der Waals surface area (Å²) in [4.78, 5) is 31.6. The molecule has 0 N–H and O–H groups in total. The van der Waals surface area contributed by atoms with E-state index in [4.69, 9.17) is 21.7 Å². The molecular weight excluding hydrogens is 2170 g/mol. The minimum Gasteiger partial charge on any atom is -0.366 e. The summed E-state index contributed by atoms with van der Waals surface area (Å²) in [5.41, 5.74) is 22.3. The van der Waals surface area contributed by atoms with Crippen LogP contribution in [0, 0.1) is 65.5 Å². The van der Waals surface area contributed by atoms with Gasteiger partial charge in [-0.15, -0.1) is 107 Å². The molecule has 2 radical (unpaired) electrons. The minimum atomic E-state index is -10.7. The van der Waals surface area contributed by atoms with Gasteiger partial charge in [0, 0.05) is 173 Å². The zero-order valence-corrected chi connectivity index (χ0v) is 81.5. The molecular formula is C105H106F6N10O2PPt2Rh2-. The molecule has 674 valence electrons. The van der Waals surface area contributed by atoms with E-state index in [1.165, 1.54) is 33.2 Å². The van der Waals surface area contributed by atoms with E-state index in [2.05, 4.69) is 251 Å². The number of nitrogens with zero attached hydrogens (tertiary/aromatic N) is 10. The Labute approximate surface area is 806 Å². The summed E-state index contributed by atoms with van der Waals surface area (Å²) in [7, 11) is -10.7. The van der Waals surface area contributed by atoms with E-state index >= 15 is 0 Å². The summed E-state index contributed by atoms with van der Waals surface area (Å²) in [6, 6.07) is 95.3. The number of hydrogen-bond donors (Lipinski definition) is 0. The first-order valence-electron chi connectivity index (χ1n) is 40.1. The molecule has 0 atom stereocenters. The maximum absolute atomic E-state index is 10.7. The predicted octanol–water partition coefficient (Wildman–Crippen LogP) is 26.5. The average molecular weight is 2280 g/mol. The van der Waals surface area contributed by atoms with Gasteiger partial charge >= 0.3 is 73.5 Å². The van der Waals surface area contributed by atoms with Crippen LogP contribution in [0.1, 0.15) is 85.1 Å². The number of aryl methyl sites for hydroxylation is 2. The summed E-state index contributed by atoms with van der Waals surface area (Å²) >= 11 is 0. The zero-order valence-electron chi connectivity index (χ0n) is 72.8. The number of hydrogen-bond acceptors (Lipinski definition) is 10. The third-order valence-electron chi connectivity index (χ3n) is 19.5. The van der Waals surface area contributed by atoms with Crippen molar-refractivity contribution in [2.45, 2.75) is 76.7 Å². The van der Waals surface area contributed by atoms with Crippen LogP contribution in [0.25, 0.3) is 112 Å². The van der Waals surface area contributed by atoms with Crippen LogP contribution in [0.2, 0.25) is 0 Å². The van der Waals surface area contributed by atoms with E-state index in [0.29, 0.717) is 0 Å². The Morgan fingerprint density at radius 3 is 0.992 bits per heavy atom. The maximum Gasteiger partial charge on any atom is 2.00 e. The summed E-state index contributed by atoms with van der Waals surface area (Å²) in [5.74, 6) is 6.32. The van der Waals surface area contributed by atoms with Crippen molar-refractivity contribution in [2.24, 2.45) is 0 Å². The van der Waals surface area contributed by atoms with Gasteiger partial charge in [0.1, 0.15) is 48.9 Å². The summed E-state index contributed by atoms with van der Waals surface area (Å²) in [6.07, 6.45) is 24.4. The van der Waals surface area contributed by atoms with Gasteiger partial charge in [-0.2, -0.15) is 0 Å². The first-order chi connectivity index (χ1) is 58.4. The molecule has 16 rings (SSSR count). The zero-order chi connectivity index (χ0) is 86.4. The fraction of sp³-hybridized carbons (Fsp3) is 0.181. The van der Waals surface area contributed by atoms with E-state index in [1.807, 2.05) is 183 Å². The van der Waals surface area contributed by atoms with Crippen molar-refractivity contribution in [2.75, 3.05) is 62.2 Å². The molecule has 128 heavy (non-hydrogen) atoms. The normalized spacial score (nSPS) is 10.6. The van der Waals surface area contributed by atoms with Crippen molar-refractivity contribution in [1.29, 1.82) is 0 Å². The van der Waals surface area contributed by atoms with Crippen molar-refractivity contribution in [3.05, 3.63) is 377 Å². The van der Waals surface area contributed by atoms with Crippen molar-refractivity contribution in [1.82, 2.24) is 39.1 Å². The third-order valence-corrected chi connectivity index (χ3v) is 19.5. The molecule has 0 spiro atoms. The maximum atomic E-state index is 9.87. The second kappa shape index (κ2) is 53.0. The Kier molecular flexibility index (Phi) is 46.1. The number of halogens is 6. The van der Waals surface area contributed by atoms with E-state index in [-0.39, 0.29) is 103 Å². The molecule has 12 aromatic rings. The van der Waals surface area contributed by atoms with Gasteiger partial charge in [0.05, 0.1) is 34.9 Å². The van der Waals surface area contributed by atoms with E-state index < -0.39 is 7.81 Å². The quantitative estimate of drug-likeness (QED) is 0.0176. The van der Waals surface area contributed by atoms with Crippen LogP contribution in [0.5, 0.6) is 0 Å². The van der Waals surface area contributed by atoms with Crippen molar-refractivity contribution in [3.8, 4) is 102 Å². The first kappa shape index (κ1) is 111. The van der Waals surface area contributed by atoms with Crippen LogP contribution < -0.4 is 29.7 Å². The Balaban J connectivity index is 0.000000425. The standard InChI is InChI=1S/2C32H35N4O.2C11H8N.2C8H5.CH4.2CH3.F6P.2Pt.2Rh/c2*1-6-35(7-2)24-10-12-26-30(20-24)37-31-21-25(36(8-3)9-4)11-13-27(31)32(26)23-15-17-34-29(19-23)28-18-22(5)14-16-33-28;2*1-2-6-10(7-3-1)11-8-4-5-9-12-11;2*1-2-8-6-4-3-5-7-8;;;;1-7(2,3,4,5)6;;;;/h2*10-21H,6-9H2,1-5H3;2*1-6,8-9H;2*3-7H;1H4;2*1H3;;;;;/q2*+1;4*-1;;3*-1;;+2;;+2. The number of benzene rings is 8. The fourth-order valence-corrected chi connectivity index (χ4v) is 13.5. The molecule has 2 aliphatic heterocycles. The average Bonchev–Trinajstić information content (AvgIpc) is 0.752. The van der Waals surface area contributed by atoms with Gasteiger partial charge in [0.15, 0.2) is 0 Å². The first-order valence-corrected chi connectivity index (χ1v) is 42.1. The van der Waals surface area contributed by atoms with Crippen LogP contribution in [-0.4, -0.2) is 82.3 Å². The molecule has 4 aliphatic rings. The van der Waals surface area contributed by atoms with Gasteiger partial charge < -0.3 is 56.3 Å². The number of aromatic nitrogens is 6. The smallest absolute Gasteiger partial charge is 0.366 e. The SMILES string of the molecule is C.CCN(CC)c1ccc2c(-c3ccnc(-c4cc(C)ccn4)c3)c3ccc(=[N+](CC)CC)cc-3oc2c1.CCN(CC)c1ccc2c(-c3ccnc(-c4cc(C)ccn4)c3)c3ccc(=[N+](CC)CC)cc-3oc2c1.F[P-](F)(F)(F)(F)F.[C-]#Cc1ccccc1.[C-]#Cc1ccccc1.[CH3-].[CH3-].[Pt+2].[Pt].[Rh+2].[Rh].[c-]1ccccc1-c1ccccn1.[c-]1ccccc1-c1ccccn1. The molecule has 2 aliphatic carbocycles. The van der Waals surface area contributed by atoms with Gasteiger partial charge in [-0.1, -0.05) is 68.1 Å². The summed E-state index contributed by atoms with van der Waals surface area (Å²) in [6.45, 7) is 29.2. The largest absolute Gasteiger partial charge is 2.00 e. The predicted molar refractivity (Wildman–Crippen MR) is 503 cm³/mol. The minimum absolute atomic E-state index is 0. The molecule has 0 saturated heterocycles. The van der Waals surface area contributed by atoms with Crippen LogP contribution in [-0.2, 0) is 81.1 Å². The van der Waals surface area contributed by atoms with Gasteiger partial charge in [-0.25, -0.2) is 9.15 Å². The monoisotopic (exact) mass is 2280 g/mol. The number of rotatable bonds is 16. The number of anilines is 2. The van der Waals surface area contributed by atoms with E-state index in [1.54, 1.807) is 12.4 Å². The van der Waals surface area contributed by atoms with Crippen molar-refractivity contribution >= 4 is 41.1 Å². The topological polar surface area (TPSA) is 116 Å². The van der Waals surface area contributed by atoms with Gasteiger partial charge in [0.25, 0.3) is 0 Å². The Morgan fingerprint density at radius 1 is 0.383 bits per heavy atom. The number of fused-ring (bicyclic) bond motifs is 4. The number of pyridine rings is 6.